The molecule has 1 aliphatic rings. The molecule has 0 bridgehead atoms. The molecule has 0 saturated carbocycles. The van der Waals surface area contributed by atoms with Gasteiger partial charge in [0.2, 0.25) is 0 Å². The summed E-state index contributed by atoms with van der Waals surface area (Å²) in [5.41, 5.74) is 3.70. The Morgan fingerprint density at radius 3 is 2.46 bits per heavy atom. The van der Waals surface area contributed by atoms with Gasteiger partial charge in [-0.15, -0.1) is 0 Å². The van der Waals surface area contributed by atoms with Gasteiger partial charge in [-0.1, -0.05) is 58.4 Å². The van der Waals surface area contributed by atoms with Gasteiger partial charge in [-0.05, 0) is 24.6 Å². The number of rotatable bonds is 5. The van der Waals surface area contributed by atoms with Crippen LogP contribution < -0.4 is 5.32 Å². The first kappa shape index (κ1) is 18.4. The number of carbonyl (C=O) groups is 2. The molecule has 6 nitrogen and oxygen atoms in total. The third-order valence-corrected chi connectivity index (χ3v) is 5.33. The normalized spacial score (nSPS) is 15.0. The molecule has 1 atom stereocenters. The maximum absolute atomic E-state index is 12.4. The van der Waals surface area contributed by atoms with E-state index in [1.165, 1.54) is 4.90 Å². The first-order valence-corrected chi connectivity index (χ1v) is 9.78. The molecule has 1 unspecified atom stereocenters. The van der Waals surface area contributed by atoms with Crippen LogP contribution >= 0.6 is 15.9 Å². The summed E-state index contributed by atoms with van der Waals surface area (Å²) in [6.07, 6.45) is 0.493. The van der Waals surface area contributed by atoms with E-state index in [2.05, 4.69) is 26.2 Å². The molecule has 1 aromatic heterocycles. The average molecular weight is 439 g/mol. The number of nitrogens with one attached hydrogen (secondary N) is 2. The zero-order valence-corrected chi connectivity index (χ0v) is 16.9. The Hall–Kier alpha value is -2.93. The molecule has 0 spiro atoms. The van der Waals surface area contributed by atoms with Crippen LogP contribution in [0.2, 0.25) is 0 Å². The van der Waals surface area contributed by atoms with E-state index >= 15 is 0 Å². The Labute approximate surface area is 171 Å². The summed E-state index contributed by atoms with van der Waals surface area (Å²) >= 11 is 3.44. The molecule has 3 aromatic rings. The van der Waals surface area contributed by atoms with Gasteiger partial charge in [0.15, 0.2) is 0 Å². The standard InChI is InChI=1S/C21H19BrN4O2/c1-13-19(15-7-9-16(22)10-8-15)25-20(24-13)17(11-14-5-3-2-4-6-14)26-18(27)12-23-21(26)28/h2-10,17H,11-12H2,1H3,(H,23,28)(H,24,25). The number of amides is 3. The number of imidazole rings is 1. The first-order chi connectivity index (χ1) is 13.5. The van der Waals surface area contributed by atoms with Crippen molar-refractivity contribution in [1.82, 2.24) is 20.2 Å². The molecule has 2 heterocycles. The highest BCUT2D eigenvalue weighted by atomic mass is 79.9. The van der Waals surface area contributed by atoms with Crippen LogP contribution in [0.15, 0.2) is 59.1 Å². The fraction of sp³-hybridized carbons (Fsp3) is 0.190. The van der Waals surface area contributed by atoms with Crippen molar-refractivity contribution in [3.05, 3.63) is 76.2 Å². The van der Waals surface area contributed by atoms with Crippen molar-refractivity contribution in [2.45, 2.75) is 19.4 Å². The quantitative estimate of drug-likeness (QED) is 0.591. The minimum absolute atomic E-state index is 0.0172. The van der Waals surface area contributed by atoms with Crippen molar-refractivity contribution in [3.8, 4) is 11.3 Å². The minimum atomic E-state index is -0.500. The van der Waals surface area contributed by atoms with Gasteiger partial charge in [-0.3, -0.25) is 9.69 Å². The van der Waals surface area contributed by atoms with E-state index in [0.717, 1.165) is 27.0 Å². The lowest BCUT2D eigenvalue weighted by Crippen LogP contribution is -2.36. The molecule has 2 N–H and O–H groups in total. The molecule has 1 fully saturated rings. The van der Waals surface area contributed by atoms with Crippen molar-refractivity contribution in [2.24, 2.45) is 0 Å². The van der Waals surface area contributed by atoms with Crippen LogP contribution in [0.3, 0.4) is 0 Å². The van der Waals surface area contributed by atoms with Crippen LogP contribution in [0.4, 0.5) is 4.79 Å². The van der Waals surface area contributed by atoms with Crippen molar-refractivity contribution < 1.29 is 9.59 Å². The number of halogens is 1. The number of hydrogen-bond donors (Lipinski definition) is 2. The number of H-pyrrole nitrogens is 1. The topological polar surface area (TPSA) is 78.1 Å². The highest BCUT2D eigenvalue weighted by molar-refractivity contribution is 9.10. The molecule has 2 aromatic carbocycles. The number of benzene rings is 2. The zero-order valence-electron chi connectivity index (χ0n) is 15.3. The van der Waals surface area contributed by atoms with Crippen molar-refractivity contribution in [1.29, 1.82) is 0 Å². The van der Waals surface area contributed by atoms with Gasteiger partial charge in [0.25, 0.3) is 5.91 Å². The van der Waals surface area contributed by atoms with Crippen molar-refractivity contribution >= 4 is 27.9 Å². The summed E-state index contributed by atoms with van der Waals surface area (Å²) in [5.74, 6) is 0.356. The van der Waals surface area contributed by atoms with Gasteiger partial charge in [0.05, 0.1) is 12.2 Å². The van der Waals surface area contributed by atoms with Gasteiger partial charge >= 0.3 is 6.03 Å². The summed E-state index contributed by atoms with van der Waals surface area (Å²) in [7, 11) is 0. The molecule has 7 heteroatoms. The number of urea groups is 1. The number of aromatic amines is 1. The second-order valence-electron chi connectivity index (χ2n) is 6.73. The maximum atomic E-state index is 12.4. The highest BCUT2D eigenvalue weighted by Gasteiger charge is 2.37. The highest BCUT2D eigenvalue weighted by Crippen LogP contribution is 2.30. The summed E-state index contributed by atoms with van der Waals surface area (Å²) in [5, 5.41) is 2.61. The zero-order chi connectivity index (χ0) is 19.7. The molecule has 28 heavy (non-hydrogen) atoms. The fourth-order valence-electron chi connectivity index (χ4n) is 3.43. The molecular formula is C21H19BrN4O2. The Bertz CT molecular complexity index is 999. The van der Waals surface area contributed by atoms with Crippen LogP contribution in [-0.2, 0) is 11.2 Å². The van der Waals surface area contributed by atoms with E-state index in [1.807, 2.05) is 61.5 Å². The maximum Gasteiger partial charge on any atom is 0.325 e. The number of carbonyl (C=O) groups excluding carboxylic acids is 2. The molecule has 4 rings (SSSR count). The van der Waals surface area contributed by atoms with Gasteiger partial charge < -0.3 is 10.3 Å². The lowest BCUT2D eigenvalue weighted by atomic mass is 10.0. The molecule has 1 aliphatic heterocycles. The van der Waals surface area contributed by atoms with Gasteiger partial charge in [-0.2, -0.15) is 0 Å². The second-order valence-corrected chi connectivity index (χ2v) is 7.65. The van der Waals surface area contributed by atoms with Gasteiger partial charge in [0.1, 0.15) is 11.9 Å². The predicted octanol–water partition coefficient (Wildman–Crippen LogP) is 3.98. The minimum Gasteiger partial charge on any atom is -0.344 e. The van der Waals surface area contributed by atoms with E-state index in [-0.39, 0.29) is 18.5 Å². The Kier molecular flexibility index (Phi) is 5.00. The van der Waals surface area contributed by atoms with Crippen LogP contribution in [0.25, 0.3) is 11.3 Å². The second kappa shape index (κ2) is 7.59. The van der Waals surface area contributed by atoms with Crippen LogP contribution in [-0.4, -0.2) is 33.4 Å². The third-order valence-electron chi connectivity index (χ3n) is 4.80. The van der Waals surface area contributed by atoms with Crippen LogP contribution in [0.1, 0.15) is 23.1 Å². The Balaban J connectivity index is 1.74. The molecular weight excluding hydrogens is 420 g/mol. The predicted molar refractivity (Wildman–Crippen MR) is 110 cm³/mol. The van der Waals surface area contributed by atoms with Crippen LogP contribution in [0, 0.1) is 6.92 Å². The van der Waals surface area contributed by atoms with Crippen LogP contribution in [0.5, 0.6) is 0 Å². The SMILES string of the molecule is Cc1[nH]c(C(Cc2ccccc2)N2C(=O)CNC2=O)nc1-c1ccc(Br)cc1. The summed E-state index contributed by atoms with van der Waals surface area (Å²) in [4.78, 5) is 34.1. The van der Waals surface area contributed by atoms with E-state index in [0.29, 0.717) is 12.2 Å². The van der Waals surface area contributed by atoms with Gasteiger partial charge in [-0.25, -0.2) is 9.78 Å². The number of nitrogens with zero attached hydrogens (tertiary/aromatic N) is 2. The monoisotopic (exact) mass is 438 g/mol. The Morgan fingerprint density at radius 2 is 1.82 bits per heavy atom. The largest absolute Gasteiger partial charge is 0.344 e. The van der Waals surface area contributed by atoms with Gasteiger partial charge in [0, 0.05) is 22.2 Å². The van der Waals surface area contributed by atoms with E-state index in [9.17, 15) is 9.59 Å². The molecule has 1 saturated heterocycles. The lowest BCUT2D eigenvalue weighted by Gasteiger charge is -2.23. The summed E-state index contributed by atoms with van der Waals surface area (Å²) < 4.78 is 0.992. The van der Waals surface area contributed by atoms with E-state index in [4.69, 9.17) is 4.98 Å². The molecule has 0 aliphatic carbocycles. The van der Waals surface area contributed by atoms with Crippen molar-refractivity contribution in [3.63, 3.8) is 0 Å². The Morgan fingerprint density at radius 1 is 1.11 bits per heavy atom. The summed E-state index contributed by atoms with van der Waals surface area (Å²) in [6, 6.07) is 16.8. The lowest BCUT2D eigenvalue weighted by molar-refractivity contribution is -0.126. The smallest absolute Gasteiger partial charge is 0.325 e. The number of aryl methyl sites for hydroxylation is 1. The molecule has 0 radical (unpaired) electrons. The van der Waals surface area contributed by atoms with Crippen molar-refractivity contribution in [2.75, 3.05) is 6.54 Å². The number of hydrogen-bond acceptors (Lipinski definition) is 3. The number of aromatic nitrogens is 2. The van der Waals surface area contributed by atoms with E-state index in [1.54, 1.807) is 0 Å². The summed E-state index contributed by atoms with van der Waals surface area (Å²) in [6.45, 7) is 1.96. The molecule has 142 valence electrons. The van der Waals surface area contributed by atoms with E-state index < -0.39 is 6.04 Å². The fourth-order valence-corrected chi connectivity index (χ4v) is 3.69. The third kappa shape index (κ3) is 3.57. The average Bonchev–Trinajstić information content (AvgIpc) is 3.24. The first-order valence-electron chi connectivity index (χ1n) is 8.99. The number of imide groups is 1. The molecule has 3 amide bonds.